The molecule has 0 aliphatic carbocycles. The molecule has 0 bridgehead atoms. The fourth-order valence-electron chi connectivity index (χ4n) is 4.23. The molecule has 2 saturated heterocycles. The van der Waals surface area contributed by atoms with Gasteiger partial charge in [-0.3, -0.25) is 19.9 Å². The molecule has 7 heteroatoms. The number of rotatable bonds is 4. The summed E-state index contributed by atoms with van der Waals surface area (Å²) < 4.78 is 5.17. The highest BCUT2D eigenvalue weighted by atomic mass is 16.3. The van der Waals surface area contributed by atoms with Crippen LogP contribution >= 0.6 is 0 Å². The molecule has 1 unspecified atom stereocenters. The van der Waals surface area contributed by atoms with Gasteiger partial charge >= 0.3 is 0 Å². The van der Waals surface area contributed by atoms with Gasteiger partial charge < -0.3 is 14.6 Å². The number of benzene rings is 1. The van der Waals surface area contributed by atoms with Crippen LogP contribution < -0.4 is 5.32 Å². The van der Waals surface area contributed by atoms with Crippen LogP contribution in [0.3, 0.4) is 0 Å². The molecule has 4 rings (SSSR count). The molecule has 1 aromatic heterocycles. The van der Waals surface area contributed by atoms with Crippen molar-refractivity contribution in [1.29, 1.82) is 5.41 Å². The third-order valence-electron chi connectivity index (χ3n) is 6.11. The summed E-state index contributed by atoms with van der Waals surface area (Å²) >= 11 is 0. The summed E-state index contributed by atoms with van der Waals surface area (Å²) in [5, 5.41) is 11.5. The Labute approximate surface area is 170 Å². The van der Waals surface area contributed by atoms with E-state index in [0.717, 1.165) is 29.5 Å². The predicted octanol–water partition coefficient (Wildman–Crippen LogP) is 2.79. The standard InChI is InChI=1S/C22H26N4O3/c1-15(27)25-9-6-16(7-10-25)13-26-20(28)22(2,24-21(26)23)19-5-3-4-17(12-19)18-8-11-29-14-18/h3-5,8,11-12,14,16H,6-7,9-10,13H2,1-2H3,(H2,23,24). The highest BCUT2D eigenvalue weighted by Crippen LogP contribution is 2.32. The second-order valence-corrected chi connectivity index (χ2v) is 8.06. The first kappa shape index (κ1) is 19.2. The van der Waals surface area contributed by atoms with Crippen LogP contribution in [0.5, 0.6) is 0 Å². The molecule has 2 N–H and O–H groups in total. The van der Waals surface area contributed by atoms with Gasteiger partial charge in [-0.1, -0.05) is 18.2 Å². The normalized spacial score (nSPS) is 22.8. The average molecular weight is 394 g/mol. The van der Waals surface area contributed by atoms with Crippen LogP contribution in [0.1, 0.15) is 32.3 Å². The average Bonchev–Trinajstić information content (AvgIpc) is 3.33. The zero-order valence-electron chi connectivity index (χ0n) is 16.8. The molecule has 2 aliphatic rings. The Morgan fingerprint density at radius 2 is 2.03 bits per heavy atom. The van der Waals surface area contributed by atoms with Gasteiger partial charge in [-0.25, -0.2) is 0 Å². The van der Waals surface area contributed by atoms with E-state index in [0.29, 0.717) is 19.6 Å². The SMILES string of the molecule is CC(=O)N1CCC(CN2C(=N)NC(C)(c3cccc(-c4ccoc4)c3)C2=O)CC1. The highest BCUT2D eigenvalue weighted by Gasteiger charge is 2.47. The van der Waals surface area contributed by atoms with Crippen LogP contribution in [0.25, 0.3) is 11.1 Å². The number of carbonyl (C=O) groups is 2. The van der Waals surface area contributed by atoms with Gasteiger partial charge in [-0.15, -0.1) is 0 Å². The third kappa shape index (κ3) is 3.52. The Bertz CT molecular complexity index is 931. The smallest absolute Gasteiger partial charge is 0.259 e. The number of nitrogens with one attached hydrogen (secondary N) is 2. The van der Waals surface area contributed by atoms with Gasteiger partial charge in [-0.2, -0.15) is 0 Å². The number of hydrogen-bond acceptors (Lipinski definition) is 4. The van der Waals surface area contributed by atoms with Gasteiger partial charge in [0.25, 0.3) is 5.91 Å². The first-order valence-corrected chi connectivity index (χ1v) is 9.96. The van der Waals surface area contributed by atoms with E-state index in [2.05, 4.69) is 5.32 Å². The third-order valence-corrected chi connectivity index (χ3v) is 6.11. The maximum atomic E-state index is 13.3. The van der Waals surface area contributed by atoms with Crippen LogP contribution in [-0.2, 0) is 15.1 Å². The molecule has 152 valence electrons. The van der Waals surface area contributed by atoms with Gasteiger partial charge in [0.15, 0.2) is 5.96 Å². The lowest BCUT2D eigenvalue weighted by Gasteiger charge is -2.33. The van der Waals surface area contributed by atoms with Crippen molar-refractivity contribution < 1.29 is 14.0 Å². The number of furan rings is 1. The molecule has 7 nitrogen and oxygen atoms in total. The van der Waals surface area contributed by atoms with Crippen molar-refractivity contribution >= 4 is 17.8 Å². The van der Waals surface area contributed by atoms with Crippen LogP contribution in [0, 0.1) is 11.3 Å². The topological polar surface area (TPSA) is 89.6 Å². The van der Waals surface area contributed by atoms with E-state index < -0.39 is 5.54 Å². The van der Waals surface area contributed by atoms with E-state index in [1.165, 1.54) is 0 Å². The molecular formula is C22H26N4O3. The number of hydrogen-bond donors (Lipinski definition) is 2. The molecule has 1 aromatic carbocycles. The number of piperidine rings is 1. The summed E-state index contributed by atoms with van der Waals surface area (Å²) in [7, 11) is 0. The van der Waals surface area contributed by atoms with Crippen molar-refractivity contribution in [1.82, 2.24) is 15.1 Å². The van der Waals surface area contributed by atoms with Gasteiger partial charge in [-0.05, 0) is 48.9 Å². The van der Waals surface area contributed by atoms with Crippen molar-refractivity contribution in [3.8, 4) is 11.1 Å². The number of guanidine groups is 1. The van der Waals surface area contributed by atoms with Crippen LogP contribution in [0.2, 0.25) is 0 Å². The van der Waals surface area contributed by atoms with Crippen LogP contribution in [0.4, 0.5) is 0 Å². The van der Waals surface area contributed by atoms with Gasteiger partial charge in [0.05, 0.1) is 12.5 Å². The lowest BCUT2D eigenvalue weighted by atomic mass is 9.89. The second kappa shape index (κ2) is 7.39. The fourth-order valence-corrected chi connectivity index (χ4v) is 4.23. The van der Waals surface area contributed by atoms with E-state index in [1.54, 1.807) is 24.3 Å². The van der Waals surface area contributed by atoms with Crippen LogP contribution in [0.15, 0.2) is 47.3 Å². The van der Waals surface area contributed by atoms with Crippen molar-refractivity contribution in [2.75, 3.05) is 19.6 Å². The molecule has 0 radical (unpaired) electrons. The minimum Gasteiger partial charge on any atom is -0.472 e. The molecule has 3 heterocycles. The molecule has 0 spiro atoms. The van der Waals surface area contributed by atoms with E-state index in [4.69, 9.17) is 9.83 Å². The minimum absolute atomic E-state index is 0.0974. The summed E-state index contributed by atoms with van der Waals surface area (Å²) in [6.45, 7) is 5.36. The molecule has 0 saturated carbocycles. The molecule has 2 aromatic rings. The Morgan fingerprint density at radius 1 is 1.28 bits per heavy atom. The van der Waals surface area contributed by atoms with E-state index in [-0.39, 0.29) is 23.7 Å². The number of carbonyl (C=O) groups excluding carboxylic acids is 2. The van der Waals surface area contributed by atoms with Crippen molar-refractivity contribution in [3.63, 3.8) is 0 Å². The predicted molar refractivity (Wildman–Crippen MR) is 109 cm³/mol. The van der Waals surface area contributed by atoms with Crippen molar-refractivity contribution in [2.45, 2.75) is 32.2 Å². The van der Waals surface area contributed by atoms with E-state index >= 15 is 0 Å². The van der Waals surface area contributed by atoms with Gasteiger partial charge in [0.1, 0.15) is 5.54 Å². The summed E-state index contributed by atoms with van der Waals surface area (Å²) in [6.07, 6.45) is 5.00. The van der Waals surface area contributed by atoms with E-state index in [1.807, 2.05) is 42.2 Å². The zero-order valence-corrected chi connectivity index (χ0v) is 16.8. The molecule has 1 atom stereocenters. The Morgan fingerprint density at radius 3 is 2.69 bits per heavy atom. The van der Waals surface area contributed by atoms with Gasteiger partial charge in [0.2, 0.25) is 5.91 Å². The summed E-state index contributed by atoms with van der Waals surface area (Å²) in [5.74, 6) is 0.414. The maximum absolute atomic E-state index is 13.3. The van der Waals surface area contributed by atoms with Crippen LogP contribution in [-0.4, -0.2) is 47.2 Å². The Balaban J connectivity index is 1.50. The van der Waals surface area contributed by atoms with Crippen molar-refractivity contribution in [2.24, 2.45) is 5.92 Å². The monoisotopic (exact) mass is 394 g/mol. The Hall–Kier alpha value is -3.09. The molecule has 2 aliphatic heterocycles. The van der Waals surface area contributed by atoms with Gasteiger partial charge in [0, 0.05) is 32.1 Å². The summed E-state index contributed by atoms with van der Waals surface area (Å²) in [4.78, 5) is 28.2. The molecule has 2 fully saturated rings. The fraction of sp³-hybridized carbons (Fsp3) is 0.409. The van der Waals surface area contributed by atoms with E-state index in [9.17, 15) is 9.59 Å². The lowest BCUT2D eigenvalue weighted by molar-refractivity contribution is -0.133. The minimum atomic E-state index is -0.975. The largest absolute Gasteiger partial charge is 0.472 e. The number of amides is 2. The summed E-state index contributed by atoms with van der Waals surface area (Å²) in [5.41, 5.74) is 1.76. The molecular weight excluding hydrogens is 368 g/mol. The lowest BCUT2D eigenvalue weighted by Crippen LogP contribution is -2.43. The number of likely N-dealkylation sites (tertiary alicyclic amines) is 1. The highest BCUT2D eigenvalue weighted by molar-refractivity contribution is 6.08. The first-order chi connectivity index (χ1) is 13.9. The second-order valence-electron chi connectivity index (χ2n) is 8.06. The number of nitrogens with zero attached hydrogens (tertiary/aromatic N) is 2. The Kier molecular flexibility index (Phi) is 4.90. The molecule has 2 amide bonds. The van der Waals surface area contributed by atoms with Crippen molar-refractivity contribution in [3.05, 3.63) is 48.4 Å². The molecule has 29 heavy (non-hydrogen) atoms. The quantitative estimate of drug-likeness (QED) is 0.834. The zero-order chi connectivity index (χ0) is 20.6. The maximum Gasteiger partial charge on any atom is 0.259 e. The first-order valence-electron chi connectivity index (χ1n) is 9.96. The summed E-state index contributed by atoms with van der Waals surface area (Å²) in [6, 6.07) is 9.66.